The zero-order valence-corrected chi connectivity index (χ0v) is 23.1. The van der Waals surface area contributed by atoms with E-state index >= 15 is 0 Å². The third kappa shape index (κ3) is 3.61. The lowest BCUT2D eigenvalue weighted by molar-refractivity contribution is -0.199. The van der Waals surface area contributed by atoms with Gasteiger partial charge in [-0.05, 0) is 115 Å². The number of carbonyl (C=O) groups excluding carboxylic acids is 1. The molecule has 8 rings (SSSR count). The van der Waals surface area contributed by atoms with Crippen molar-refractivity contribution >= 4 is 34.3 Å². The molecule has 5 aliphatic carbocycles. The number of carbonyl (C=O) groups is 1. The van der Waals surface area contributed by atoms with Crippen molar-refractivity contribution in [3.05, 3.63) is 52.6 Å². The SMILES string of the molecule is CC1(C)[C@@H]2CC3OB(c4ccc(S(=O)(=O)NC(=O)Nc5c6c(cc7c5CCC7)CCC6)cc4)O[C@@]3(C)[C@H]1C2. The molecule has 200 valence electrons. The number of hydrogen-bond acceptors (Lipinski definition) is 5. The molecule has 9 heteroatoms. The van der Waals surface area contributed by atoms with E-state index in [0.717, 1.165) is 67.2 Å². The molecule has 1 heterocycles. The van der Waals surface area contributed by atoms with Gasteiger partial charge in [0.25, 0.3) is 10.0 Å². The van der Waals surface area contributed by atoms with Gasteiger partial charge in [0, 0.05) is 5.69 Å². The molecule has 1 aliphatic heterocycles. The average Bonchev–Trinajstić information content (AvgIpc) is 3.61. The Hall–Kier alpha value is -2.36. The summed E-state index contributed by atoms with van der Waals surface area (Å²) in [7, 11) is -4.56. The first-order valence-electron chi connectivity index (χ1n) is 14.0. The third-order valence-corrected chi connectivity index (χ3v) is 11.7. The van der Waals surface area contributed by atoms with Gasteiger partial charge in [0.15, 0.2) is 0 Å². The Morgan fingerprint density at radius 3 is 2.26 bits per heavy atom. The van der Waals surface area contributed by atoms with Gasteiger partial charge < -0.3 is 14.6 Å². The van der Waals surface area contributed by atoms with Crippen LogP contribution in [0.4, 0.5) is 10.5 Å². The third-order valence-electron chi connectivity index (χ3n) is 10.4. The van der Waals surface area contributed by atoms with Crippen molar-refractivity contribution in [2.24, 2.45) is 17.3 Å². The minimum atomic E-state index is -4.04. The lowest BCUT2D eigenvalue weighted by Gasteiger charge is -2.64. The Morgan fingerprint density at radius 2 is 1.63 bits per heavy atom. The predicted molar refractivity (Wildman–Crippen MR) is 146 cm³/mol. The molecule has 1 unspecified atom stereocenters. The fourth-order valence-electron chi connectivity index (χ4n) is 8.10. The topological polar surface area (TPSA) is 93.7 Å². The zero-order chi connectivity index (χ0) is 26.4. The first kappa shape index (κ1) is 24.7. The van der Waals surface area contributed by atoms with Gasteiger partial charge in [0.2, 0.25) is 0 Å². The van der Waals surface area contributed by atoms with Crippen LogP contribution in [0.1, 0.15) is 68.7 Å². The molecule has 0 aromatic heterocycles. The van der Waals surface area contributed by atoms with Crippen LogP contribution in [0.15, 0.2) is 35.2 Å². The van der Waals surface area contributed by atoms with Crippen LogP contribution in [-0.2, 0) is 45.0 Å². The number of fused-ring (bicyclic) bond motifs is 2. The number of amides is 2. The average molecular weight is 534 g/mol. The molecule has 2 N–H and O–H groups in total. The predicted octanol–water partition coefficient (Wildman–Crippen LogP) is 4.11. The van der Waals surface area contributed by atoms with E-state index < -0.39 is 23.2 Å². The van der Waals surface area contributed by atoms with Crippen LogP contribution >= 0.6 is 0 Å². The van der Waals surface area contributed by atoms with E-state index in [1.165, 1.54) is 29.7 Å². The van der Waals surface area contributed by atoms with Gasteiger partial charge in [-0.1, -0.05) is 32.0 Å². The Kier molecular flexibility index (Phi) is 5.40. The van der Waals surface area contributed by atoms with Gasteiger partial charge in [-0.3, -0.25) is 0 Å². The molecule has 0 spiro atoms. The lowest BCUT2D eigenvalue weighted by Crippen LogP contribution is -2.65. The van der Waals surface area contributed by atoms with E-state index in [0.29, 0.717) is 11.8 Å². The molecule has 2 amide bonds. The van der Waals surface area contributed by atoms with E-state index in [4.69, 9.17) is 9.31 Å². The number of aryl methyl sites for hydroxylation is 2. The Labute approximate surface area is 225 Å². The largest absolute Gasteiger partial charge is 0.494 e. The van der Waals surface area contributed by atoms with Gasteiger partial charge in [-0.15, -0.1) is 0 Å². The van der Waals surface area contributed by atoms with Gasteiger partial charge in [-0.25, -0.2) is 17.9 Å². The van der Waals surface area contributed by atoms with Crippen LogP contribution in [0.25, 0.3) is 0 Å². The molecule has 2 bridgehead atoms. The summed E-state index contributed by atoms with van der Waals surface area (Å²) in [5, 5.41) is 2.90. The van der Waals surface area contributed by atoms with Crippen LogP contribution in [0.3, 0.4) is 0 Å². The summed E-state index contributed by atoms with van der Waals surface area (Å²) in [6, 6.07) is 8.05. The second-order valence-corrected chi connectivity index (χ2v) is 14.3. The highest BCUT2D eigenvalue weighted by Crippen LogP contribution is 2.65. The fraction of sp³-hybridized carbons (Fsp3) is 0.552. The second kappa shape index (κ2) is 8.32. The number of nitrogens with one attached hydrogen (secondary N) is 2. The maximum atomic E-state index is 13.1. The van der Waals surface area contributed by atoms with Crippen LogP contribution in [-0.4, -0.2) is 33.3 Å². The molecular formula is C29H35BN2O5S. The Bertz CT molecular complexity index is 1410. The minimum Gasteiger partial charge on any atom is -0.402 e. The number of urea groups is 1. The highest BCUT2D eigenvalue weighted by atomic mass is 32.2. The number of sulfonamides is 1. The molecule has 2 aromatic rings. The number of benzene rings is 2. The van der Waals surface area contributed by atoms with Crippen LogP contribution in [0, 0.1) is 17.3 Å². The quantitative estimate of drug-likeness (QED) is 0.576. The summed E-state index contributed by atoms with van der Waals surface area (Å²) < 4.78 is 41.2. The van der Waals surface area contributed by atoms with Crippen molar-refractivity contribution < 1.29 is 22.5 Å². The highest BCUT2D eigenvalue weighted by Gasteiger charge is 2.68. The van der Waals surface area contributed by atoms with Crippen LogP contribution in [0.2, 0.25) is 0 Å². The molecule has 4 fully saturated rings. The molecule has 38 heavy (non-hydrogen) atoms. The maximum absolute atomic E-state index is 13.1. The molecule has 6 aliphatic rings. The summed E-state index contributed by atoms with van der Waals surface area (Å²) in [6.07, 6.45) is 8.20. The summed E-state index contributed by atoms with van der Waals surface area (Å²) in [6.45, 7) is 6.81. The summed E-state index contributed by atoms with van der Waals surface area (Å²) in [5.41, 5.74) is 6.43. The van der Waals surface area contributed by atoms with Crippen molar-refractivity contribution in [2.75, 3.05) is 5.32 Å². The van der Waals surface area contributed by atoms with Crippen LogP contribution in [0.5, 0.6) is 0 Å². The lowest BCUT2D eigenvalue weighted by atomic mass is 9.43. The fourth-order valence-corrected chi connectivity index (χ4v) is 9.01. The zero-order valence-electron chi connectivity index (χ0n) is 22.3. The first-order valence-corrected chi connectivity index (χ1v) is 15.5. The van der Waals surface area contributed by atoms with E-state index in [1.807, 2.05) is 0 Å². The van der Waals surface area contributed by atoms with Crippen molar-refractivity contribution in [1.82, 2.24) is 4.72 Å². The molecule has 0 radical (unpaired) electrons. The molecule has 7 nitrogen and oxygen atoms in total. The summed E-state index contributed by atoms with van der Waals surface area (Å²) >= 11 is 0. The van der Waals surface area contributed by atoms with Crippen LogP contribution < -0.4 is 15.5 Å². The molecule has 4 atom stereocenters. The van der Waals surface area contributed by atoms with Gasteiger partial charge >= 0.3 is 13.1 Å². The first-order chi connectivity index (χ1) is 18.1. The minimum absolute atomic E-state index is 0.0323. The number of anilines is 1. The van der Waals surface area contributed by atoms with E-state index in [9.17, 15) is 13.2 Å². The normalized spacial score (nSPS) is 30.3. The van der Waals surface area contributed by atoms with Gasteiger partial charge in [-0.2, -0.15) is 0 Å². The van der Waals surface area contributed by atoms with Crippen molar-refractivity contribution in [3.8, 4) is 0 Å². The van der Waals surface area contributed by atoms with Crippen molar-refractivity contribution in [1.29, 1.82) is 0 Å². The Balaban J connectivity index is 1.06. The Morgan fingerprint density at radius 1 is 0.974 bits per heavy atom. The van der Waals surface area contributed by atoms with Gasteiger partial charge in [0.05, 0.1) is 16.6 Å². The summed E-state index contributed by atoms with van der Waals surface area (Å²) in [4.78, 5) is 12.9. The molecular weight excluding hydrogens is 499 g/mol. The monoisotopic (exact) mass is 534 g/mol. The second-order valence-electron chi connectivity index (χ2n) is 12.7. The maximum Gasteiger partial charge on any atom is 0.494 e. The van der Waals surface area contributed by atoms with E-state index in [1.54, 1.807) is 12.1 Å². The van der Waals surface area contributed by atoms with Crippen molar-refractivity contribution in [3.63, 3.8) is 0 Å². The van der Waals surface area contributed by atoms with E-state index in [-0.39, 0.29) is 22.0 Å². The molecule has 3 saturated carbocycles. The molecule has 1 saturated heterocycles. The summed E-state index contributed by atoms with van der Waals surface area (Å²) in [5.74, 6) is 1.12. The smallest absolute Gasteiger partial charge is 0.402 e. The van der Waals surface area contributed by atoms with E-state index in [2.05, 4.69) is 36.9 Å². The standard InChI is InChI=1S/C29H35BN2O5S/c1-28(2)19-15-24(28)29(3)25(16-19)36-30(37-29)20-10-12-21(13-11-20)38(34,35)32-27(33)31-26-22-8-4-6-17(22)14-18-7-5-9-23(18)26/h10-14,19,24-25H,4-9,15-16H2,1-3H3,(H2,31,32,33)/t19-,24-,25?,29-/m0/s1. The number of rotatable bonds is 4. The molecule has 2 aromatic carbocycles. The highest BCUT2D eigenvalue weighted by molar-refractivity contribution is 7.90. The van der Waals surface area contributed by atoms with Crippen molar-refractivity contribution in [2.45, 2.75) is 88.7 Å². The van der Waals surface area contributed by atoms with Gasteiger partial charge in [0.1, 0.15) is 0 Å². The number of hydrogen-bond donors (Lipinski definition) is 2.